The molecule has 2 rings (SSSR count). The normalized spacial score (nSPS) is 17.1. The molecule has 0 heterocycles. The number of nitriles is 1. The first-order valence-electron chi connectivity index (χ1n) is 7.46. The van der Waals surface area contributed by atoms with Gasteiger partial charge in [0.15, 0.2) is 0 Å². The molecule has 118 valence electrons. The largest absolute Gasteiger partial charge is 0.375 e. The van der Waals surface area contributed by atoms with Gasteiger partial charge in [-0.3, -0.25) is 4.79 Å². The zero-order valence-corrected chi connectivity index (χ0v) is 13.8. The first-order chi connectivity index (χ1) is 10.5. The van der Waals surface area contributed by atoms with Crippen molar-refractivity contribution in [1.82, 2.24) is 5.32 Å². The number of hydrogen-bond donors (Lipinski definition) is 2. The van der Waals surface area contributed by atoms with Gasteiger partial charge in [-0.05, 0) is 31.0 Å². The van der Waals surface area contributed by atoms with Crippen molar-refractivity contribution in [2.75, 3.05) is 11.9 Å². The Morgan fingerprint density at radius 2 is 1.91 bits per heavy atom. The van der Waals surface area contributed by atoms with Gasteiger partial charge in [0, 0.05) is 5.02 Å². The first kappa shape index (κ1) is 16.9. The van der Waals surface area contributed by atoms with Gasteiger partial charge in [-0.1, -0.05) is 48.9 Å². The Morgan fingerprint density at radius 1 is 1.23 bits per heavy atom. The molecule has 1 aromatic rings. The Morgan fingerprint density at radius 3 is 2.50 bits per heavy atom. The Kier molecular flexibility index (Phi) is 5.93. The predicted molar refractivity (Wildman–Crippen MR) is 89.1 cm³/mol. The van der Waals surface area contributed by atoms with E-state index in [1.165, 1.54) is 0 Å². The number of hydrogen-bond acceptors (Lipinski definition) is 3. The number of carbonyl (C=O) groups is 1. The maximum Gasteiger partial charge on any atom is 0.240 e. The molecule has 4 nitrogen and oxygen atoms in total. The Labute approximate surface area is 140 Å². The summed E-state index contributed by atoms with van der Waals surface area (Å²) in [4.78, 5) is 12.1. The van der Waals surface area contributed by atoms with Gasteiger partial charge in [0.1, 0.15) is 5.54 Å². The molecule has 6 heteroatoms. The monoisotopic (exact) mass is 339 g/mol. The van der Waals surface area contributed by atoms with Crippen LogP contribution in [0.5, 0.6) is 0 Å². The minimum absolute atomic E-state index is 0.0742. The lowest BCUT2D eigenvalue weighted by Gasteiger charge is -2.26. The van der Waals surface area contributed by atoms with Gasteiger partial charge >= 0.3 is 0 Å². The van der Waals surface area contributed by atoms with Crippen LogP contribution in [-0.4, -0.2) is 18.0 Å². The van der Waals surface area contributed by atoms with Crippen LogP contribution in [0.3, 0.4) is 0 Å². The van der Waals surface area contributed by atoms with E-state index in [1.54, 1.807) is 18.2 Å². The summed E-state index contributed by atoms with van der Waals surface area (Å²) < 4.78 is 0. The molecule has 1 amide bonds. The van der Waals surface area contributed by atoms with Crippen molar-refractivity contribution in [3.05, 3.63) is 28.2 Å². The maximum atomic E-state index is 12.1. The minimum Gasteiger partial charge on any atom is -0.375 e. The predicted octanol–water partition coefficient (Wildman–Crippen LogP) is 4.14. The van der Waals surface area contributed by atoms with Crippen LogP contribution in [0.25, 0.3) is 0 Å². The van der Waals surface area contributed by atoms with Crippen molar-refractivity contribution >= 4 is 34.8 Å². The van der Waals surface area contributed by atoms with E-state index in [1.807, 2.05) is 0 Å². The van der Waals surface area contributed by atoms with Gasteiger partial charge in [-0.25, -0.2) is 0 Å². The third-order valence-corrected chi connectivity index (χ3v) is 4.47. The molecule has 1 fully saturated rings. The average molecular weight is 340 g/mol. The third-order valence-electron chi connectivity index (χ3n) is 3.92. The molecule has 0 radical (unpaired) electrons. The second-order valence-corrected chi connectivity index (χ2v) is 6.48. The van der Waals surface area contributed by atoms with Crippen LogP contribution in [-0.2, 0) is 4.79 Å². The van der Waals surface area contributed by atoms with Gasteiger partial charge in [-0.15, -0.1) is 0 Å². The van der Waals surface area contributed by atoms with Gasteiger partial charge in [0.05, 0.1) is 23.3 Å². The maximum absolute atomic E-state index is 12.1. The lowest BCUT2D eigenvalue weighted by atomic mass is 9.92. The van der Waals surface area contributed by atoms with Gasteiger partial charge in [0.2, 0.25) is 5.91 Å². The molecule has 22 heavy (non-hydrogen) atoms. The molecule has 1 saturated carbocycles. The number of carbonyl (C=O) groups excluding carboxylic acids is 1. The summed E-state index contributed by atoms with van der Waals surface area (Å²) in [5.41, 5.74) is -0.0768. The highest BCUT2D eigenvalue weighted by Gasteiger charge is 2.32. The second kappa shape index (κ2) is 7.71. The van der Waals surface area contributed by atoms with E-state index >= 15 is 0 Å². The van der Waals surface area contributed by atoms with E-state index in [2.05, 4.69) is 16.7 Å². The highest BCUT2D eigenvalue weighted by molar-refractivity contribution is 6.36. The van der Waals surface area contributed by atoms with Crippen LogP contribution >= 0.6 is 23.2 Å². The molecule has 1 aromatic carbocycles. The fraction of sp³-hybridized carbons (Fsp3) is 0.500. The summed E-state index contributed by atoms with van der Waals surface area (Å²) in [7, 11) is 0. The highest BCUT2D eigenvalue weighted by Crippen LogP contribution is 2.27. The van der Waals surface area contributed by atoms with Crippen LogP contribution in [0.15, 0.2) is 18.2 Å². The van der Waals surface area contributed by atoms with E-state index < -0.39 is 5.54 Å². The van der Waals surface area contributed by atoms with Gasteiger partial charge < -0.3 is 10.6 Å². The third kappa shape index (κ3) is 4.53. The number of benzene rings is 1. The zero-order chi connectivity index (χ0) is 16.0. The zero-order valence-electron chi connectivity index (χ0n) is 12.3. The summed E-state index contributed by atoms with van der Waals surface area (Å²) in [5, 5.41) is 16.3. The summed E-state index contributed by atoms with van der Waals surface area (Å²) in [5.74, 6) is -0.200. The number of anilines is 1. The molecule has 0 unspecified atom stereocenters. The number of halogens is 2. The molecule has 0 saturated heterocycles. The Hall–Kier alpha value is -1.44. The molecule has 0 aliphatic heterocycles. The van der Waals surface area contributed by atoms with E-state index in [0.29, 0.717) is 15.7 Å². The lowest BCUT2D eigenvalue weighted by Crippen LogP contribution is -2.48. The molecule has 0 aromatic heterocycles. The quantitative estimate of drug-likeness (QED) is 0.810. The molecule has 0 spiro atoms. The molecule has 1 aliphatic rings. The number of rotatable bonds is 4. The molecular formula is C16H19Cl2N3O. The minimum atomic E-state index is -0.723. The molecule has 0 atom stereocenters. The van der Waals surface area contributed by atoms with E-state index in [4.69, 9.17) is 23.2 Å². The van der Waals surface area contributed by atoms with Crippen molar-refractivity contribution in [3.8, 4) is 6.07 Å². The van der Waals surface area contributed by atoms with Crippen molar-refractivity contribution in [2.45, 2.75) is 44.1 Å². The van der Waals surface area contributed by atoms with Crippen LogP contribution in [0.2, 0.25) is 10.0 Å². The SMILES string of the molecule is N#CC1(NC(=O)CNc2ccc(Cl)cc2Cl)CCCCCC1. The molecule has 2 N–H and O–H groups in total. The molecule has 0 bridgehead atoms. The fourth-order valence-corrected chi connectivity index (χ4v) is 3.19. The fourth-order valence-electron chi connectivity index (χ4n) is 2.72. The highest BCUT2D eigenvalue weighted by atomic mass is 35.5. The average Bonchev–Trinajstić information content (AvgIpc) is 2.72. The molecular weight excluding hydrogens is 321 g/mol. The van der Waals surface area contributed by atoms with E-state index in [-0.39, 0.29) is 12.5 Å². The number of nitrogens with one attached hydrogen (secondary N) is 2. The Balaban J connectivity index is 1.93. The van der Waals surface area contributed by atoms with Gasteiger partial charge in [-0.2, -0.15) is 5.26 Å². The van der Waals surface area contributed by atoms with Crippen molar-refractivity contribution in [1.29, 1.82) is 5.26 Å². The molecule has 1 aliphatic carbocycles. The topological polar surface area (TPSA) is 64.9 Å². The smallest absolute Gasteiger partial charge is 0.240 e. The standard InChI is InChI=1S/C16H19Cl2N3O/c17-12-5-6-14(13(18)9-12)20-10-15(22)21-16(11-19)7-3-1-2-4-8-16/h5-6,9,20H,1-4,7-8,10H2,(H,21,22). The second-order valence-electron chi connectivity index (χ2n) is 5.63. The van der Waals surface area contributed by atoms with Crippen molar-refractivity contribution in [2.24, 2.45) is 0 Å². The van der Waals surface area contributed by atoms with Crippen molar-refractivity contribution in [3.63, 3.8) is 0 Å². The van der Waals surface area contributed by atoms with Crippen LogP contribution in [0.1, 0.15) is 38.5 Å². The van der Waals surface area contributed by atoms with Crippen LogP contribution in [0, 0.1) is 11.3 Å². The number of nitrogens with zero attached hydrogens (tertiary/aromatic N) is 1. The Bertz CT molecular complexity index is 575. The first-order valence-corrected chi connectivity index (χ1v) is 8.21. The van der Waals surface area contributed by atoms with Crippen LogP contribution in [0.4, 0.5) is 5.69 Å². The van der Waals surface area contributed by atoms with Gasteiger partial charge in [0.25, 0.3) is 0 Å². The summed E-state index contributed by atoms with van der Waals surface area (Å²) in [6.07, 6.45) is 5.64. The summed E-state index contributed by atoms with van der Waals surface area (Å²) >= 11 is 11.9. The van der Waals surface area contributed by atoms with Crippen LogP contribution < -0.4 is 10.6 Å². The van der Waals surface area contributed by atoms with E-state index in [0.717, 1.165) is 38.5 Å². The van der Waals surface area contributed by atoms with Crippen molar-refractivity contribution < 1.29 is 4.79 Å². The van der Waals surface area contributed by atoms with E-state index in [9.17, 15) is 10.1 Å². The number of amides is 1. The summed E-state index contributed by atoms with van der Waals surface area (Å²) in [6.45, 7) is 0.0742. The lowest BCUT2D eigenvalue weighted by molar-refractivity contribution is -0.120. The summed E-state index contributed by atoms with van der Waals surface area (Å²) in [6, 6.07) is 7.35.